The molecule has 1 heterocycles. The third kappa shape index (κ3) is 3.00. The van der Waals surface area contributed by atoms with Crippen LogP contribution in [0.3, 0.4) is 0 Å². The van der Waals surface area contributed by atoms with Gasteiger partial charge in [0, 0.05) is 23.9 Å². The van der Waals surface area contributed by atoms with Crippen molar-refractivity contribution >= 4 is 29.0 Å². The Bertz CT molecular complexity index is 597. The zero-order chi connectivity index (χ0) is 13.1. The molecule has 0 aliphatic heterocycles. The van der Waals surface area contributed by atoms with Crippen LogP contribution in [-0.4, -0.2) is 10.8 Å². The van der Waals surface area contributed by atoms with Gasteiger partial charge in [-0.3, -0.25) is 10.4 Å². The maximum atomic E-state index is 7.39. The molecule has 3 N–H and O–H groups in total. The highest BCUT2D eigenvalue weighted by molar-refractivity contribution is 6.42. The number of aromatic nitrogens is 1. The number of benzene rings is 1. The van der Waals surface area contributed by atoms with Gasteiger partial charge in [-0.2, -0.15) is 0 Å². The first-order valence-electron chi connectivity index (χ1n) is 5.29. The molecule has 5 heteroatoms. The molecule has 2 rings (SSSR count). The largest absolute Gasteiger partial charge is 0.384 e. The van der Waals surface area contributed by atoms with E-state index in [0.29, 0.717) is 22.0 Å². The van der Waals surface area contributed by atoms with Crippen molar-refractivity contribution < 1.29 is 0 Å². The van der Waals surface area contributed by atoms with Gasteiger partial charge in [-0.15, -0.1) is 0 Å². The van der Waals surface area contributed by atoms with Crippen molar-refractivity contribution in [1.82, 2.24) is 4.98 Å². The van der Waals surface area contributed by atoms with Crippen LogP contribution in [-0.2, 0) is 6.42 Å². The van der Waals surface area contributed by atoms with Crippen molar-refractivity contribution in [2.75, 3.05) is 0 Å². The molecule has 2 aromatic rings. The Balaban J connectivity index is 2.25. The van der Waals surface area contributed by atoms with Crippen LogP contribution in [0.15, 0.2) is 36.5 Å². The van der Waals surface area contributed by atoms with E-state index < -0.39 is 0 Å². The average molecular weight is 280 g/mol. The Morgan fingerprint density at radius 3 is 2.61 bits per heavy atom. The van der Waals surface area contributed by atoms with Crippen molar-refractivity contribution in [3.05, 3.63) is 63.4 Å². The van der Waals surface area contributed by atoms with Gasteiger partial charge in [-0.05, 0) is 29.8 Å². The Kier molecular flexibility index (Phi) is 3.84. The molecule has 0 saturated carbocycles. The summed E-state index contributed by atoms with van der Waals surface area (Å²) in [6.45, 7) is 0. The lowest BCUT2D eigenvalue weighted by atomic mass is 10.1. The van der Waals surface area contributed by atoms with Crippen LogP contribution in [0.2, 0.25) is 10.0 Å². The zero-order valence-corrected chi connectivity index (χ0v) is 11.0. The number of nitrogens with one attached hydrogen (secondary N) is 1. The van der Waals surface area contributed by atoms with Crippen LogP contribution < -0.4 is 5.73 Å². The summed E-state index contributed by atoms with van der Waals surface area (Å²) in [5.41, 5.74) is 7.95. The second-order valence-electron chi connectivity index (χ2n) is 3.87. The predicted octanol–water partition coefficient (Wildman–Crippen LogP) is 3.26. The zero-order valence-electron chi connectivity index (χ0n) is 9.45. The Labute approximate surface area is 115 Å². The number of nitrogens with two attached hydrogens (primary N) is 1. The van der Waals surface area contributed by atoms with Crippen LogP contribution in [0.1, 0.15) is 16.8 Å². The van der Waals surface area contributed by atoms with Gasteiger partial charge in [-0.1, -0.05) is 29.3 Å². The molecule has 1 aromatic carbocycles. The lowest BCUT2D eigenvalue weighted by molar-refractivity contribution is 1.07. The fraction of sp³-hybridized carbons (Fsp3) is 0.0769. The maximum Gasteiger partial charge on any atom is 0.122 e. The number of amidine groups is 1. The molecule has 18 heavy (non-hydrogen) atoms. The van der Waals surface area contributed by atoms with Gasteiger partial charge < -0.3 is 5.73 Å². The molecule has 0 saturated heterocycles. The monoisotopic (exact) mass is 279 g/mol. The van der Waals surface area contributed by atoms with Crippen molar-refractivity contribution in [3.8, 4) is 0 Å². The third-order valence-electron chi connectivity index (χ3n) is 2.50. The minimum absolute atomic E-state index is 0.0350. The molecule has 0 radical (unpaired) electrons. The van der Waals surface area contributed by atoms with E-state index in [9.17, 15) is 0 Å². The number of pyridine rings is 1. The van der Waals surface area contributed by atoms with Gasteiger partial charge in [-0.25, -0.2) is 0 Å². The fourth-order valence-electron chi connectivity index (χ4n) is 1.60. The first kappa shape index (κ1) is 12.9. The first-order chi connectivity index (χ1) is 8.56. The van der Waals surface area contributed by atoms with Gasteiger partial charge >= 0.3 is 0 Å². The van der Waals surface area contributed by atoms with E-state index in [1.807, 2.05) is 12.1 Å². The summed E-state index contributed by atoms with van der Waals surface area (Å²) >= 11 is 11.8. The number of rotatable bonds is 3. The highest BCUT2D eigenvalue weighted by atomic mass is 35.5. The molecule has 92 valence electrons. The number of nitrogen functional groups attached to an aromatic ring is 1. The van der Waals surface area contributed by atoms with Crippen LogP contribution >= 0.6 is 23.2 Å². The van der Waals surface area contributed by atoms with Gasteiger partial charge in [0.2, 0.25) is 0 Å². The minimum atomic E-state index is 0.0350. The fourth-order valence-corrected chi connectivity index (χ4v) is 1.92. The highest BCUT2D eigenvalue weighted by Gasteiger charge is 2.04. The molecule has 1 aromatic heterocycles. The number of hydrogen-bond acceptors (Lipinski definition) is 2. The van der Waals surface area contributed by atoms with Crippen molar-refractivity contribution in [3.63, 3.8) is 0 Å². The summed E-state index contributed by atoms with van der Waals surface area (Å²) in [6, 6.07) is 8.97. The molecule has 3 nitrogen and oxygen atoms in total. The van der Waals surface area contributed by atoms with E-state index in [-0.39, 0.29) is 5.84 Å². The van der Waals surface area contributed by atoms with Crippen LogP contribution in [0.4, 0.5) is 0 Å². The number of hydrogen-bond donors (Lipinski definition) is 2. The van der Waals surface area contributed by atoms with Gasteiger partial charge in [0.1, 0.15) is 5.84 Å². The first-order valence-corrected chi connectivity index (χ1v) is 6.05. The number of halogens is 2. The SMILES string of the molecule is N=C(N)c1ccnc(Cc2ccc(Cl)c(Cl)c2)c1. The molecule has 0 amide bonds. The summed E-state index contributed by atoms with van der Waals surface area (Å²) in [6.07, 6.45) is 2.27. The molecule has 0 bridgehead atoms. The molecule has 0 unspecified atom stereocenters. The topological polar surface area (TPSA) is 62.8 Å². The third-order valence-corrected chi connectivity index (χ3v) is 3.24. The summed E-state index contributed by atoms with van der Waals surface area (Å²) in [4.78, 5) is 4.24. The van der Waals surface area contributed by atoms with Gasteiger partial charge in [0.05, 0.1) is 10.0 Å². The van der Waals surface area contributed by atoms with Crippen LogP contribution in [0, 0.1) is 5.41 Å². The van der Waals surface area contributed by atoms with Crippen molar-refractivity contribution in [2.45, 2.75) is 6.42 Å². The lowest BCUT2D eigenvalue weighted by Gasteiger charge is -2.05. The van der Waals surface area contributed by atoms with E-state index >= 15 is 0 Å². The van der Waals surface area contributed by atoms with E-state index in [1.165, 1.54) is 0 Å². The quantitative estimate of drug-likeness (QED) is 0.669. The standard InChI is InChI=1S/C13H11Cl2N3/c14-11-2-1-8(6-12(11)15)5-10-7-9(13(16)17)3-4-18-10/h1-4,6-7H,5H2,(H3,16,17). The molecule has 0 atom stereocenters. The van der Waals surface area contributed by atoms with E-state index in [4.69, 9.17) is 34.3 Å². The highest BCUT2D eigenvalue weighted by Crippen LogP contribution is 2.23. The molecular formula is C13H11Cl2N3. The summed E-state index contributed by atoms with van der Waals surface area (Å²) in [5.74, 6) is 0.0350. The van der Waals surface area contributed by atoms with Crippen molar-refractivity contribution in [1.29, 1.82) is 5.41 Å². The van der Waals surface area contributed by atoms with E-state index in [2.05, 4.69) is 4.98 Å². The molecule has 0 aliphatic carbocycles. The molecule has 0 fully saturated rings. The summed E-state index contributed by atoms with van der Waals surface area (Å²) < 4.78 is 0. The average Bonchev–Trinajstić information content (AvgIpc) is 2.34. The Morgan fingerprint density at radius 2 is 1.94 bits per heavy atom. The lowest BCUT2D eigenvalue weighted by Crippen LogP contribution is -2.11. The van der Waals surface area contributed by atoms with E-state index in [1.54, 1.807) is 24.4 Å². The van der Waals surface area contributed by atoms with Gasteiger partial charge in [0.15, 0.2) is 0 Å². The second kappa shape index (κ2) is 5.38. The summed E-state index contributed by atoms with van der Waals surface area (Å²) in [5, 5.41) is 8.44. The van der Waals surface area contributed by atoms with Crippen molar-refractivity contribution in [2.24, 2.45) is 5.73 Å². The Hall–Kier alpha value is -1.58. The smallest absolute Gasteiger partial charge is 0.122 e. The second-order valence-corrected chi connectivity index (χ2v) is 4.69. The van der Waals surface area contributed by atoms with E-state index in [0.717, 1.165) is 11.3 Å². The number of nitrogens with zero attached hydrogens (tertiary/aromatic N) is 1. The summed E-state index contributed by atoms with van der Waals surface area (Å²) in [7, 11) is 0. The molecule has 0 aliphatic rings. The maximum absolute atomic E-state index is 7.39. The van der Waals surface area contributed by atoms with Gasteiger partial charge in [0.25, 0.3) is 0 Å². The Morgan fingerprint density at radius 1 is 1.17 bits per heavy atom. The minimum Gasteiger partial charge on any atom is -0.384 e. The van der Waals surface area contributed by atoms with Crippen LogP contribution in [0.25, 0.3) is 0 Å². The normalized spacial score (nSPS) is 10.3. The predicted molar refractivity (Wildman–Crippen MR) is 74.5 cm³/mol. The molecular weight excluding hydrogens is 269 g/mol. The molecule has 0 spiro atoms. The van der Waals surface area contributed by atoms with Crippen LogP contribution in [0.5, 0.6) is 0 Å².